The highest BCUT2D eigenvalue weighted by molar-refractivity contribution is 9.13. The Balaban J connectivity index is 1.83. The van der Waals surface area contributed by atoms with Crippen molar-refractivity contribution in [2.75, 3.05) is 0 Å². The molecule has 2 aromatic heterocycles. The molecular weight excluding hydrogens is 366 g/mol. The van der Waals surface area contributed by atoms with E-state index in [1.54, 1.807) is 0 Å². The van der Waals surface area contributed by atoms with Gasteiger partial charge in [0.1, 0.15) is 5.76 Å². The number of rotatable bonds is 5. The van der Waals surface area contributed by atoms with Crippen molar-refractivity contribution in [2.24, 2.45) is 0 Å². The highest BCUT2D eigenvalue weighted by Gasteiger charge is 2.05. The summed E-state index contributed by atoms with van der Waals surface area (Å²) >= 11 is 8.59. The van der Waals surface area contributed by atoms with Crippen molar-refractivity contribution in [1.29, 1.82) is 0 Å². The molecule has 0 aliphatic carbocycles. The molecule has 2 aromatic rings. The van der Waals surface area contributed by atoms with E-state index in [2.05, 4.69) is 56.2 Å². The maximum absolute atomic E-state index is 5.49. The Bertz CT molecular complexity index is 473. The van der Waals surface area contributed by atoms with Crippen LogP contribution in [0.1, 0.15) is 22.4 Å². The minimum absolute atomic E-state index is 0.740. The van der Waals surface area contributed by atoms with Gasteiger partial charge in [0.15, 0.2) is 4.67 Å². The van der Waals surface area contributed by atoms with Crippen LogP contribution in [0.4, 0.5) is 0 Å². The van der Waals surface area contributed by atoms with Crippen LogP contribution in [-0.2, 0) is 19.5 Å². The second-order valence-corrected chi connectivity index (χ2v) is 6.49. The predicted molar refractivity (Wildman–Crippen MR) is 78.3 cm³/mol. The molecule has 0 atom stereocenters. The lowest BCUT2D eigenvalue weighted by atomic mass is 10.3. The van der Waals surface area contributed by atoms with E-state index >= 15 is 0 Å². The van der Waals surface area contributed by atoms with E-state index in [4.69, 9.17) is 4.42 Å². The van der Waals surface area contributed by atoms with E-state index in [1.165, 1.54) is 9.75 Å². The van der Waals surface area contributed by atoms with E-state index in [0.29, 0.717) is 0 Å². The minimum atomic E-state index is 0.740. The van der Waals surface area contributed by atoms with E-state index in [9.17, 15) is 0 Å². The summed E-state index contributed by atoms with van der Waals surface area (Å²) in [5.74, 6) is 0.927. The highest BCUT2D eigenvalue weighted by atomic mass is 79.9. The number of thiophene rings is 1. The molecule has 0 saturated heterocycles. The van der Waals surface area contributed by atoms with Crippen LogP contribution in [0.25, 0.3) is 0 Å². The van der Waals surface area contributed by atoms with Gasteiger partial charge in [0.25, 0.3) is 0 Å². The molecule has 0 bridgehead atoms. The monoisotopic (exact) mass is 377 g/mol. The van der Waals surface area contributed by atoms with Gasteiger partial charge >= 0.3 is 0 Å². The van der Waals surface area contributed by atoms with Crippen LogP contribution in [0.5, 0.6) is 0 Å². The number of furan rings is 1. The molecule has 2 nitrogen and oxygen atoms in total. The van der Waals surface area contributed by atoms with Crippen LogP contribution in [0.15, 0.2) is 31.8 Å². The third-order valence-electron chi connectivity index (χ3n) is 2.36. The lowest BCUT2D eigenvalue weighted by Crippen LogP contribution is -2.10. The Labute approximate surface area is 122 Å². The summed E-state index contributed by atoms with van der Waals surface area (Å²) in [6, 6.07) is 6.36. The summed E-state index contributed by atoms with van der Waals surface area (Å²) in [4.78, 5) is 2.80. The molecule has 92 valence electrons. The van der Waals surface area contributed by atoms with Gasteiger partial charge in [-0.15, -0.1) is 11.3 Å². The number of halogens is 2. The molecule has 0 amide bonds. The molecule has 0 radical (unpaired) electrons. The summed E-state index contributed by atoms with van der Waals surface area (Å²) in [5.41, 5.74) is 0. The van der Waals surface area contributed by atoms with Crippen molar-refractivity contribution in [1.82, 2.24) is 5.32 Å². The van der Waals surface area contributed by atoms with Gasteiger partial charge in [0.05, 0.1) is 11.0 Å². The van der Waals surface area contributed by atoms with E-state index in [-0.39, 0.29) is 0 Å². The normalized spacial score (nSPS) is 11.0. The summed E-state index contributed by atoms with van der Waals surface area (Å²) in [5, 5.41) is 3.37. The quantitative estimate of drug-likeness (QED) is 0.814. The summed E-state index contributed by atoms with van der Waals surface area (Å²) in [6.45, 7) is 3.81. The highest BCUT2D eigenvalue weighted by Crippen LogP contribution is 2.26. The second-order valence-electron chi connectivity index (χ2n) is 3.66. The first-order valence-corrected chi connectivity index (χ1v) is 7.81. The lowest BCUT2D eigenvalue weighted by molar-refractivity contribution is 0.465. The molecule has 0 spiro atoms. The zero-order valence-electron chi connectivity index (χ0n) is 9.43. The molecule has 0 aliphatic rings. The second kappa shape index (κ2) is 6.18. The smallest absolute Gasteiger partial charge is 0.183 e. The number of hydrogen-bond donors (Lipinski definition) is 1. The van der Waals surface area contributed by atoms with Crippen molar-refractivity contribution in [3.63, 3.8) is 0 Å². The molecule has 2 rings (SSSR count). The molecule has 0 saturated carbocycles. The summed E-state index contributed by atoms with van der Waals surface area (Å²) in [7, 11) is 0. The van der Waals surface area contributed by atoms with Crippen LogP contribution in [0.3, 0.4) is 0 Å². The van der Waals surface area contributed by atoms with Crippen molar-refractivity contribution in [3.05, 3.63) is 42.9 Å². The zero-order chi connectivity index (χ0) is 12.3. The Hall–Kier alpha value is -0.100. The number of nitrogens with one attached hydrogen (secondary N) is 1. The lowest BCUT2D eigenvalue weighted by Gasteiger charge is -1.99. The number of hydrogen-bond acceptors (Lipinski definition) is 3. The first kappa shape index (κ1) is 13.3. The number of aryl methyl sites for hydroxylation is 1. The fraction of sp³-hybridized carbons (Fsp3) is 0.333. The fourth-order valence-corrected chi connectivity index (χ4v) is 3.08. The standard InChI is InChI=1S/C12H13Br2NOS/c1-2-9-3-4-10(17-9)7-15-6-8-5-11(13)12(14)16-8/h3-5,15H,2,6-7H2,1H3. The molecule has 0 aromatic carbocycles. The van der Waals surface area contributed by atoms with Crippen LogP contribution in [0.2, 0.25) is 0 Å². The third-order valence-corrected chi connectivity index (χ3v) is 5.30. The molecule has 2 heterocycles. The van der Waals surface area contributed by atoms with Gasteiger partial charge < -0.3 is 9.73 Å². The summed E-state index contributed by atoms with van der Waals surface area (Å²) < 4.78 is 7.20. The van der Waals surface area contributed by atoms with Gasteiger partial charge in [0.2, 0.25) is 0 Å². The van der Waals surface area contributed by atoms with Crippen molar-refractivity contribution < 1.29 is 4.42 Å². The molecule has 5 heteroatoms. The van der Waals surface area contributed by atoms with Crippen LogP contribution >= 0.6 is 43.2 Å². The predicted octanol–water partition coefficient (Wildman–Crippen LogP) is 4.72. The molecule has 1 N–H and O–H groups in total. The topological polar surface area (TPSA) is 25.2 Å². The third kappa shape index (κ3) is 3.68. The SMILES string of the molecule is CCc1ccc(CNCc2cc(Br)c(Br)o2)s1. The average molecular weight is 379 g/mol. The van der Waals surface area contributed by atoms with E-state index < -0.39 is 0 Å². The Morgan fingerprint density at radius 2 is 2.00 bits per heavy atom. The maximum atomic E-state index is 5.49. The van der Waals surface area contributed by atoms with Gasteiger partial charge in [-0.2, -0.15) is 0 Å². The average Bonchev–Trinajstić information content (AvgIpc) is 2.87. The first-order chi connectivity index (χ1) is 8.19. The van der Waals surface area contributed by atoms with Gasteiger partial charge in [-0.1, -0.05) is 6.92 Å². The largest absolute Gasteiger partial charge is 0.452 e. The molecule has 0 fully saturated rings. The Morgan fingerprint density at radius 3 is 2.59 bits per heavy atom. The van der Waals surface area contributed by atoms with Crippen molar-refractivity contribution in [2.45, 2.75) is 26.4 Å². The van der Waals surface area contributed by atoms with Crippen molar-refractivity contribution in [3.8, 4) is 0 Å². The van der Waals surface area contributed by atoms with Gasteiger partial charge in [-0.3, -0.25) is 0 Å². The summed E-state index contributed by atoms with van der Waals surface area (Å²) in [6.07, 6.45) is 1.11. The maximum Gasteiger partial charge on any atom is 0.183 e. The Morgan fingerprint density at radius 1 is 1.24 bits per heavy atom. The molecule has 0 unspecified atom stereocenters. The molecular formula is C12H13Br2NOS. The van der Waals surface area contributed by atoms with Crippen molar-refractivity contribution >= 4 is 43.2 Å². The Kier molecular flexibility index (Phi) is 4.85. The van der Waals surface area contributed by atoms with Gasteiger partial charge in [0, 0.05) is 16.3 Å². The fourth-order valence-electron chi connectivity index (χ4n) is 1.49. The van der Waals surface area contributed by atoms with Crippen LogP contribution in [-0.4, -0.2) is 0 Å². The van der Waals surface area contributed by atoms with Gasteiger partial charge in [-0.05, 0) is 56.5 Å². The van der Waals surface area contributed by atoms with E-state index in [1.807, 2.05) is 17.4 Å². The van der Waals surface area contributed by atoms with Gasteiger partial charge in [-0.25, -0.2) is 0 Å². The van der Waals surface area contributed by atoms with E-state index in [0.717, 1.165) is 34.4 Å². The zero-order valence-corrected chi connectivity index (χ0v) is 13.4. The molecule has 0 aliphatic heterocycles. The van der Waals surface area contributed by atoms with Crippen LogP contribution < -0.4 is 5.32 Å². The minimum Gasteiger partial charge on any atom is -0.452 e. The van der Waals surface area contributed by atoms with Crippen LogP contribution in [0, 0.1) is 0 Å². The molecule has 17 heavy (non-hydrogen) atoms. The first-order valence-electron chi connectivity index (χ1n) is 5.41.